The number of anilines is 2. The summed E-state index contributed by atoms with van der Waals surface area (Å²) in [5, 5.41) is 22.0. The number of carbonyl (C=O) groups is 2. The van der Waals surface area contributed by atoms with Crippen LogP contribution in [0.1, 0.15) is 45.6 Å². The molecule has 0 saturated carbocycles. The van der Waals surface area contributed by atoms with Crippen molar-refractivity contribution in [3.05, 3.63) is 111 Å². The van der Waals surface area contributed by atoms with Crippen molar-refractivity contribution in [2.75, 3.05) is 10.6 Å². The highest BCUT2D eigenvalue weighted by Gasteiger charge is 2.36. The van der Waals surface area contributed by atoms with Crippen LogP contribution in [0.15, 0.2) is 83.2 Å². The minimum Gasteiger partial charge on any atom is -0.478 e. The standard InChI is InChI=1S/C29H26ClN5O3S/c1-16-12-13-23(17(2)14-16)32-26(36)24-18(3)31-28-33-29(39-15-19-8-4-7-11-22(19)30)34-35(28)25(24)20-9-5-6-10-21(20)27(37)38/h4-14,25H,15H2,1-3H3,(H,32,36)(H,37,38)(H,31,33,34). The number of hydrogen-bond donors (Lipinski definition) is 3. The Kier molecular flexibility index (Phi) is 7.45. The lowest BCUT2D eigenvalue weighted by Gasteiger charge is -2.29. The predicted octanol–water partition coefficient (Wildman–Crippen LogP) is 6.47. The third kappa shape index (κ3) is 5.41. The normalized spacial score (nSPS) is 14.5. The van der Waals surface area contributed by atoms with Crippen LogP contribution in [0.5, 0.6) is 0 Å². The zero-order chi connectivity index (χ0) is 27.7. The molecule has 10 heteroatoms. The van der Waals surface area contributed by atoms with Gasteiger partial charge in [-0.05, 0) is 55.7 Å². The molecule has 0 bridgehead atoms. The number of halogens is 1. The van der Waals surface area contributed by atoms with E-state index in [1.807, 2.05) is 56.3 Å². The Labute approximate surface area is 235 Å². The van der Waals surface area contributed by atoms with Crippen LogP contribution in [0, 0.1) is 13.8 Å². The summed E-state index contributed by atoms with van der Waals surface area (Å²) in [5.41, 5.74) is 5.06. The molecule has 1 atom stereocenters. The number of carboxylic acids is 1. The molecule has 3 N–H and O–H groups in total. The van der Waals surface area contributed by atoms with Gasteiger partial charge in [-0.2, -0.15) is 4.98 Å². The van der Waals surface area contributed by atoms with Crippen molar-refractivity contribution in [2.24, 2.45) is 0 Å². The van der Waals surface area contributed by atoms with Crippen molar-refractivity contribution in [1.82, 2.24) is 14.8 Å². The molecule has 39 heavy (non-hydrogen) atoms. The molecule has 1 aromatic heterocycles. The highest BCUT2D eigenvalue weighted by molar-refractivity contribution is 7.98. The number of carbonyl (C=O) groups excluding carboxylic acids is 1. The lowest BCUT2D eigenvalue weighted by atomic mass is 9.91. The number of benzene rings is 3. The third-order valence-corrected chi connectivity index (χ3v) is 7.76. The van der Waals surface area contributed by atoms with Crippen molar-refractivity contribution in [3.8, 4) is 0 Å². The first kappa shape index (κ1) is 26.5. The van der Waals surface area contributed by atoms with Crippen LogP contribution in [0.2, 0.25) is 5.02 Å². The van der Waals surface area contributed by atoms with E-state index in [2.05, 4.69) is 15.6 Å². The van der Waals surface area contributed by atoms with Crippen LogP contribution in [-0.2, 0) is 10.5 Å². The van der Waals surface area contributed by atoms with Crippen LogP contribution in [0.3, 0.4) is 0 Å². The minimum atomic E-state index is -1.09. The fourth-order valence-corrected chi connectivity index (χ4v) is 5.72. The summed E-state index contributed by atoms with van der Waals surface area (Å²) in [6, 6.07) is 19.2. The number of nitrogens with zero attached hydrogens (tertiary/aromatic N) is 3. The molecule has 4 aromatic rings. The van der Waals surface area contributed by atoms with Gasteiger partial charge in [0.25, 0.3) is 5.91 Å². The molecule has 1 aliphatic rings. The highest BCUT2D eigenvalue weighted by atomic mass is 35.5. The zero-order valence-corrected chi connectivity index (χ0v) is 23.1. The van der Waals surface area contributed by atoms with Crippen molar-refractivity contribution in [3.63, 3.8) is 0 Å². The number of nitrogens with one attached hydrogen (secondary N) is 2. The number of hydrogen-bond acceptors (Lipinski definition) is 6. The summed E-state index contributed by atoms with van der Waals surface area (Å²) in [4.78, 5) is 30.7. The molecule has 3 aromatic carbocycles. The molecule has 2 heterocycles. The molecular formula is C29H26ClN5O3S. The Balaban J connectivity index is 1.56. The van der Waals surface area contributed by atoms with Gasteiger partial charge in [-0.3, -0.25) is 4.79 Å². The summed E-state index contributed by atoms with van der Waals surface area (Å²) in [6.07, 6.45) is 0. The first-order chi connectivity index (χ1) is 18.7. The topological polar surface area (TPSA) is 109 Å². The fourth-order valence-electron chi connectivity index (χ4n) is 4.61. The number of amides is 1. The number of rotatable bonds is 7. The van der Waals surface area contributed by atoms with Crippen molar-refractivity contribution in [1.29, 1.82) is 0 Å². The number of thioether (sulfide) groups is 1. The Morgan fingerprint density at radius 2 is 1.82 bits per heavy atom. The molecule has 1 aliphatic heterocycles. The maximum atomic E-state index is 13.8. The van der Waals surface area contributed by atoms with Crippen LogP contribution in [0.25, 0.3) is 0 Å². The van der Waals surface area contributed by atoms with Gasteiger partial charge in [0.05, 0.1) is 11.1 Å². The average Bonchev–Trinajstić information content (AvgIpc) is 3.31. The van der Waals surface area contributed by atoms with E-state index in [9.17, 15) is 14.7 Å². The molecule has 0 spiro atoms. The van der Waals surface area contributed by atoms with E-state index in [-0.39, 0.29) is 11.5 Å². The second-order valence-electron chi connectivity index (χ2n) is 9.27. The van der Waals surface area contributed by atoms with Crippen LogP contribution in [0.4, 0.5) is 11.6 Å². The fraction of sp³-hybridized carbons (Fsp3) is 0.172. The van der Waals surface area contributed by atoms with Crippen LogP contribution in [-0.4, -0.2) is 31.7 Å². The van der Waals surface area contributed by atoms with Gasteiger partial charge in [-0.1, -0.05) is 77.5 Å². The maximum Gasteiger partial charge on any atom is 0.336 e. The van der Waals surface area contributed by atoms with E-state index in [1.165, 1.54) is 17.8 Å². The average molecular weight is 560 g/mol. The Hall–Kier alpha value is -4.08. The first-order valence-corrected chi connectivity index (χ1v) is 13.6. The summed E-state index contributed by atoms with van der Waals surface area (Å²) in [7, 11) is 0. The van der Waals surface area contributed by atoms with Gasteiger partial charge in [0.1, 0.15) is 6.04 Å². The molecule has 5 rings (SSSR count). The molecule has 8 nitrogen and oxygen atoms in total. The van der Waals surface area contributed by atoms with Crippen LogP contribution < -0.4 is 10.6 Å². The van der Waals surface area contributed by atoms with E-state index in [0.717, 1.165) is 16.7 Å². The molecule has 1 unspecified atom stereocenters. The number of aromatic carboxylic acids is 1. The van der Waals surface area contributed by atoms with Gasteiger partial charge in [-0.15, -0.1) is 5.10 Å². The summed E-state index contributed by atoms with van der Waals surface area (Å²) in [6.45, 7) is 5.70. The molecule has 0 radical (unpaired) electrons. The van der Waals surface area contributed by atoms with Gasteiger partial charge in [0.15, 0.2) is 0 Å². The molecule has 198 valence electrons. The molecular weight excluding hydrogens is 534 g/mol. The van der Waals surface area contributed by atoms with Crippen molar-refractivity contribution in [2.45, 2.75) is 37.7 Å². The van der Waals surface area contributed by atoms with E-state index < -0.39 is 12.0 Å². The molecule has 0 fully saturated rings. The molecule has 0 aliphatic carbocycles. The predicted molar refractivity (Wildman–Crippen MR) is 153 cm³/mol. The minimum absolute atomic E-state index is 0.0840. The first-order valence-electron chi connectivity index (χ1n) is 12.2. The van der Waals surface area contributed by atoms with E-state index in [0.29, 0.717) is 44.4 Å². The van der Waals surface area contributed by atoms with Crippen molar-refractivity contribution >= 4 is 46.9 Å². The van der Waals surface area contributed by atoms with Crippen LogP contribution >= 0.6 is 23.4 Å². The number of aromatic nitrogens is 3. The number of carboxylic acid groups (broad SMARTS) is 1. The Morgan fingerprint density at radius 1 is 1.08 bits per heavy atom. The smallest absolute Gasteiger partial charge is 0.336 e. The Bertz CT molecular complexity index is 1630. The van der Waals surface area contributed by atoms with Crippen molar-refractivity contribution < 1.29 is 14.7 Å². The van der Waals surface area contributed by atoms with Gasteiger partial charge in [0.2, 0.25) is 11.1 Å². The van der Waals surface area contributed by atoms with E-state index in [4.69, 9.17) is 16.7 Å². The maximum absolute atomic E-state index is 13.8. The van der Waals surface area contributed by atoms with E-state index in [1.54, 1.807) is 29.8 Å². The lowest BCUT2D eigenvalue weighted by Crippen LogP contribution is -2.32. The van der Waals surface area contributed by atoms with E-state index >= 15 is 0 Å². The summed E-state index contributed by atoms with van der Waals surface area (Å²) < 4.78 is 1.58. The largest absolute Gasteiger partial charge is 0.478 e. The molecule has 1 amide bonds. The SMILES string of the molecule is CC1=C(C(=O)Nc2ccc(C)cc2C)C(c2ccccc2C(=O)O)n2nc(SCc3ccccc3Cl)nc2N1. The highest BCUT2D eigenvalue weighted by Crippen LogP contribution is 2.38. The number of aryl methyl sites for hydroxylation is 2. The Morgan fingerprint density at radius 3 is 2.56 bits per heavy atom. The quantitative estimate of drug-likeness (QED) is 0.223. The zero-order valence-electron chi connectivity index (χ0n) is 21.5. The molecule has 0 saturated heterocycles. The second-order valence-corrected chi connectivity index (χ2v) is 10.6. The number of allylic oxidation sites excluding steroid dienone is 1. The lowest BCUT2D eigenvalue weighted by molar-refractivity contribution is -0.113. The third-order valence-electron chi connectivity index (χ3n) is 6.51. The summed E-state index contributed by atoms with van der Waals surface area (Å²) >= 11 is 7.73. The number of fused-ring (bicyclic) bond motifs is 1. The van der Waals surface area contributed by atoms with Gasteiger partial charge >= 0.3 is 5.97 Å². The second kappa shape index (κ2) is 11.0. The van der Waals surface area contributed by atoms with Gasteiger partial charge < -0.3 is 15.7 Å². The summed E-state index contributed by atoms with van der Waals surface area (Å²) in [5.74, 6) is -0.483. The van der Waals surface area contributed by atoms with Gasteiger partial charge in [0, 0.05) is 22.2 Å². The van der Waals surface area contributed by atoms with Gasteiger partial charge in [-0.25, -0.2) is 9.48 Å². The monoisotopic (exact) mass is 559 g/mol.